The van der Waals surface area contributed by atoms with E-state index in [2.05, 4.69) is 5.32 Å². The zero-order valence-corrected chi connectivity index (χ0v) is 15.8. The average molecular weight is 382 g/mol. The van der Waals surface area contributed by atoms with Crippen molar-refractivity contribution in [1.29, 1.82) is 0 Å². The van der Waals surface area contributed by atoms with Crippen molar-refractivity contribution in [3.05, 3.63) is 71.0 Å². The number of likely N-dealkylation sites (tertiary alicyclic amines) is 1. The molecule has 0 aliphatic carbocycles. The minimum absolute atomic E-state index is 0.0292. The van der Waals surface area contributed by atoms with E-state index in [-0.39, 0.29) is 23.5 Å². The average Bonchev–Trinajstić information content (AvgIpc) is 2.73. The monoisotopic (exact) mass is 382 g/mol. The predicted octanol–water partition coefficient (Wildman–Crippen LogP) is 3.05. The molecule has 0 spiro atoms. The Morgan fingerprint density at radius 2 is 1.61 bits per heavy atom. The summed E-state index contributed by atoms with van der Waals surface area (Å²) in [4.78, 5) is 39.5. The quantitative estimate of drug-likeness (QED) is 0.809. The summed E-state index contributed by atoms with van der Waals surface area (Å²) in [6, 6.07) is 11.9. The molecule has 1 N–H and O–H groups in total. The summed E-state index contributed by atoms with van der Waals surface area (Å²) >= 11 is 0. The molecule has 6 heteroatoms. The van der Waals surface area contributed by atoms with Crippen LogP contribution in [-0.2, 0) is 4.79 Å². The lowest BCUT2D eigenvalue weighted by Crippen LogP contribution is -2.43. The van der Waals surface area contributed by atoms with Gasteiger partial charge in [0.15, 0.2) is 5.78 Å². The molecule has 5 nitrogen and oxygen atoms in total. The number of benzene rings is 2. The van der Waals surface area contributed by atoms with E-state index in [9.17, 15) is 18.8 Å². The molecule has 28 heavy (non-hydrogen) atoms. The Bertz CT molecular complexity index is 872. The molecule has 0 aromatic heterocycles. The molecule has 146 valence electrons. The third-order valence-corrected chi connectivity index (χ3v) is 5.01. The van der Waals surface area contributed by atoms with Crippen molar-refractivity contribution < 1.29 is 18.8 Å². The summed E-state index contributed by atoms with van der Waals surface area (Å²) in [5.41, 5.74) is 0.954. The lowest BCUT2D eigenvalue weighted by atomic mass is 9.93. The fourth-order valence-electron chi connectivity index (χ4n) is 3.46. The van der Waals surface area contributed by atoms with Gasteiger partial charge in [-0.05, 0) is 50.1 Å². The molecule has 1 heterocycles. The Balaban J connectivity index is 1.76. The van der Waals surface area contributed by atoms with E-state index < -0.39 is 5.82 Å². The first-order valence-electron chi connectivity index (χ1n) is 9.47. The molecule has 2 aromatic carbocycles. The Kier molecular flexibility index (Phi) is 6.19. The number of amides is 2. The number of hydrogen-bond acceptors (Lipinski definition) is 3. The van der Waals surface area contributed by atoms with E-state index in [0.29, 0.717) is 49.2 Å². The largest absolute Gasteiger partial charge is 0.356 e. The van der Waals surface area contributed by atoms with Crippen LogP contribution in [0.15, 0.2) is 48.5 Å². The fourth-order valence-corrected chi connectivity index (χ4v) is 3.46. The second kappa shape index (κ2) is 8.78. The van der Waals surface area contributed by atoms with E-state index in [4.69, 9.17) is 0 Å². The van der Waals surface area contributed by atoms with Gasteiger partial charge in [0.05, 0.1) is 5.56 Å². The van der Waals surface area contributed by atoms with Gasteiger partial charge in [0.25, 0.3) is 5.91 Å². The van der Waals surface area contributed by atoms with Crippen LogP contribution in [0.4, 0.5) is 4.39 Å². The lowest BCUT2D eigenvalue weighted by molar-refractivity contribution is -0.126. The van der Waals surface area contributed by atoms with Gasteiger partial charge >= 0.3 is 0 Å². The number of nitrogens with one attached hydrogen (secondary N) is 1. The molecule has 1 fully saturated rings. The first-order chi connectivity index (χ1) is 13.5. The van der Waals surface area contributed by atoms with E-state index in [1.165, 1.54) is 24.3 Å². The normalized spacial score (nSPS) is 14.6. The SMILES string of the molecule is CCNC(=O)C1CCN(C(=O)c2ccccc2C(=O)c2ccc(F)cc2)CC1. The van der Waals surface area contributed by atoms with Gasteiger partial charge in [0.2, 0.25) is 5.91 Å². The smallest absolute Gasteiger partial charge is 0.254 e. The van der Waals surface area contributed by atoms with Crippen molar-refractivity contribution in [1.82, 2.24) is 10.2 Å². The molecule has 1 aliphatic heterocycles. The van der Waals surface area contributed by atoms with Gasteiger partial charge < -0.3 is 10.2 Å². The maximum Gasteiger partial charge on any atom is 0.254 e. The second-order valence-corrected chi connectivity index (χ2v) is 6.84. The number of ketones is 1. The van der Waals surface area contributed by atoms with Crippen LogP contribution in [0.5, 0.6) is 0 Å². The number of carbonyl (C=O) groups is 3. The molecule has 0 radical (unpaired) electrons. The predicted molar refractivity (Wildman–Crippen MR) is 104 cm³/mol. The number of rotatable bonds is 5. The third-order valence-electron chi connectivity index (χ3n) is 5.01. The maximum atomic E-state index is 13.1. The molecule has 0 unspecified atom stereocenters. The summed E-state index contributed by atoms with van der Waals surface area (Å²) in [6.45, 7) is 3.42. The Morgan fingerprint density at radius 1 is 1.00 bits per heavy atom. The van der Waals surface area contributed by atoms with Crippen LogP contribution in [0.3, 0.4) is 0 Å². The molecule has 2 aromatic rings. The highest BCUT2D eigenvalue weighted by molar-refractivity contribution is 6.15. The second-order valence-electron chi connectivity index (χ2n) is 6.84. The van der Waals surface area contributed by atoms with Gasteiger partial charge in [-0.3, -0.25) is 14.4 Å². The highest BCUT2D eigenvalue weighted by atomic mass is 19.1. The first kappa shape index (κ1) is 19.7. The number of nitrogens with zero attached hydrogens (tertiary/aromatic N) is 1. The van der Waals surface area contributed by atoms with E-state index in [0.717, 1.165) is 0 Å². The highest BCUT2D eigenvalue weighted by Crippen LogP contribution is 2.22. The summed E-state index contributed by atoms with van der Waals surface area (Å²) < 4.78 is 13.1. The van der Waals surface area contributed by atoms with E-state index >= 15 is 0 Å². The summed E-state index contributed by atoms with van der Waals surface area (Å²) in [7, 11) is 0. The van der Waals surface area contributed by atoms with Gasteiger partial charge in [0, 0.05) is 36.7 Å². The van der Waals surface area contributed by atoms with E-state index in [1.807, 2.05) is 6.92 Å². The molecular formula is C22H23FN2O3. The number of carbonyl (C=O) groups excluding carboxylic acids is 3. The maximum absolute atomic E-state index is 13.1. The van der Waals surface area contributed by atoms with Crippen LogP contribution < -0.4 is 5.32 Å². The van der Waals surface area contributed by atoms with Crippen molar-refractivity contribution in [2.75, 3.05) is 19.6 Å². The van der Waals surface area contributed by atoms with Crippen LogP contribution in [0.1, 0.15) is 46.0 Å². The van der Waals surface area contributed by atoms with E-state index in [1.54, 1.807) is 29.2 Å². The topological polar surface area (TPSA) is 66.5 Å². The Morgan fingerprint density at radius 3 is 2.21 bits per heavy atom. The van der Waals surface area contributed by atoms with Crippen molar-refractivity contribution in [2.45, 2.75) is 19.8 Å². The van der Waals surface area contributed by atoms with Crippen molar-refractivity contribution in [3.63, 3.8) is 0 Å². The number of halogens is 1. The standard InChI is InChI=1S/C22H23FN2O3/c1-2-24-21(27)16-11-13-25(14-12-16)22(28)19-6-4-3-5-18(19)20(26)15-7-9-17(23)10-8-15/h3-10,16H,2,11-14H2,1H3,(H,24,27). The fraction of sp³-hybridized carbons (Fsp3) is 0.318. The Labute approximate surface area is 163 Å². The Hall–Kier alpha value is -3.02. The van der Waals surface area contributed by atoms with Gasteiger partial charge in [-0.15, -0.1) is 0 Å². The van der Waals surface area contributed by atoms with Crippen LogP contribution in [-0.4, -0.2) is 42.1 Å². The summed E-state index contributed by atoms with van der Waals surface area (Å²) in [5.74, 6) is -1.01. The third kappa shape index (κ3) is 4.27. The molecule has 1 aliphatic rings. The minimum atomic E-state index is -0.420. The molecular weight excluding hydrogens is 359 g/mol. The minimum Gasteiger partial charge on any atom is -0.356 e. The van der Waals surface area contributed by atoms with Gasteiger partial charge in [-0.2, -0.15) is 0 Å². The molecule has 1 saturated heterocycles. The van der Waals surface area contributed by atoms with Gasteiger partial charge in [0.1, 0.15) is 5.82 Å². The molecule has 0 bridgehead atoms. The number of piperidine rings is 1. The first-order valence-corrected chi connectivity index (χ1v) is 9.47. The molecule has 3 rings (SSSR count). The van der Waals surface area contributed by atoms with Crippen molar-refractivity contribution in [2.24, 2.45) is 5.92 Å². The van der Waals surface area contributed by atoms with Crippen LogP contribution in [0, 0.1) is 11.7 Å². The summed E-state index contributed by atoms with van der Waals surface area (Å²) in [5, 5.41) is 2.82. The van der Waals surface area contributed by atoms with Gasteiger partial charge in [-0.1, -0.05) is 18.2 Å². The van der Waals surface area contributed by atoms with Crippen LogP contribution in [0.2, 0.25) is 0 Å². The number of hydrogen-bond donors (Lipinski definition) is 1. The zero-order chi connectivity index (χ0) is 20.1. The zero-order valence-electron chi connectivity index (χ0n) is 15.8. The summed E-state index contributed by atoms with van der Waals surface area (Å²) in [6.07, 6.45) is 1.21. The van der Waals surface area contributed by atoms with Crippen LogP contribution >= 0.6 is 0 Å². The lowest BCUT2D eigenvalue weighted by Gasteiger charge is -2.31. The highest BCUT2D eigenvalue weighted by Gasteiger charge is 2.29. The molecule has 2 amide bonds. The van der Waals surface area contributed by atoms with Crippen LogP contribution in [0.25, 0.3) is 0 Å². The van der Waals surface area contributed by atoms with Gasteiger partial charge in [-0.25, -0.2) is 4.39 Å². The molecule has 0 saturated carbocycles. The molecule has 0 atom stereocenters. The van der Waals surface area contributed by atoms with Crippen molar-refractivity contribution in [3.8, 4) is 0 Å². The van der Waals surface area contributed by atoms with Crippen molar-refractivity contribution >= 4 is 17.6 Å².